The second kappa shape index (κ2) is 10.4. The lowest BCUT2D eigenvalue weighted by molar-refractivity contribution is -0.133. The second-order valence-electron chi connectivity index (χ2n) is 6.92. The minimum absolute atomic E-state index is 0.121. The van der Waals surface area contributed by atoms with Gasteiger partial charge in [0.15, 0.2) is 0 Å². The van der Waals surface area contributed by atoms with Gasteiger partial charge in [0, 0.05) is 16.4 Å². The molecule has 0 aliphatic heterocycles. The van der Waals surface area contributed by atoms with Crippen molar-refractivity contribution in [3.63, 3.8) is 0 Å². The van der Waals surface area contributed by atoms with Gasteiger partial charge in [-0.3, -0.25) is 4.79 Å². The molecule has 4 nitrogen and oxygen atoms in total. The minimum atomic E-state index is 0.121. The Bertz CT molecular complexity index is 929. The van der Waals surface area contributed by atoms with Crippen LogP contribution in [0.2, 0.25) is 5.02 Å². The van der Waals surface area contributed by atoms with Crippen LogP contribution in [-0.2, 0) is 24.4 Å². The highest BCUT2D eigenvalue weighted by Gasteiger charge is 2.20. The maximum absolute atomic E-state index is 12.9. The normalized spacial score (nSPS) is 11.8. The number of carbonyl (C=O) groups excluding carboxylic acids is 1. The molecule has 2 aromatic carbocycles. The molecule has 6 heteroatoms. The Balaban J connectivity index is 1.63. The fourth-order valence-corrected chi connectivity index (χ4v) is 3.82. The lowest BCUT2D eigenvalue weighted by atomic mass is 10.1. The zero-order chi connectivity index (χ0) is 20.6. The predicted molar refractivity (Wildman–Crippen MR) is 118 cm³/mol. The number of amides is 1. The number of carbonyl (C=O) groups is 1. The van der Waals surface area contributed by atoms with Gasteiger partial charge in [-0.05, 0) is 37.1 Å². The Morgan fingerprint density at radius 2 is 2.00 bits per heavy atom. The van der Waals surface area contributed by atoms with Crippen molar-refractivity contribution in [2.75, 3.05) is 0 Å². The third kappa shape index (κ3) is 6.31. The molecule has 0 bridgehead atoms. The number of thiazole rings is 1. The molecule has 3 rings (SSSR count). The van der Waals surface area contributed by atoms with E-state index in [0.717, 1.165) is 22.7 Å². The largest absolute Gasteiger partial charge is 0.486 e. The highest BCUT2D eigenvalue weighted by Crippen LogP contribution is 2.20. The molecular formula is C23H25ClN2O2S. The van der Waals surface area contributed by atoms with Gasteiger partial charge in [0.05, 0.1) is 18.7 Å². The van der Waals surface area contributed by atoms with Crippen LogP contribution in [0.15, 0.2) is 60.0 Å². The van der Waals surface area contributed by atoms with Gasteiger partial charge < -0.3 is 9.64 Å². The molecule has 0 N–H and O–H groups in total. The summed E-state index contributed by atoms with van der Waals surface area (Å²) in [6, 6.07) is 17.3. The maximum Gasteiger partial charge on any atom is 0.227 e. The Morgan fingerprint density at radius 3 is 2.72 bits per heavy atom. The average Bonchev–Trinajstić information content (AvgIpc) is 3.18. The summed E-state index contributed by atoms with van der Waals surface area (Å²) < 4.78 is 5.77. The highest BCUT2D eigenvalue weighted by atomic mass is 35.5. The lowest BCUT2D eigenvalue weighted by Gasteiger charge is -2.28. The van der Waals surface area contributed by atoms with Gasteiger partial charge in [-0.15, -0.1) is 11.3 Å². The SMILES string of the molecule is CCC(C)N(Cc1csc(COc2cccc(Cl)c2)n1)C(=O)Cc1ccccc1. The van der Waals surface area contributed by atoms with Crippen molar-refractivity contribution in [3.05, 3.63) is 81.3 Å². The van der Waals surface area contributed by atoms with E-state index in [0.29, 0.717) is 30.3 Å². The van der Waals surface area contributed by atoms with Crippen LogP contribution in [0, 0.1) is 0 Å². The summed E-state index contributed by atoms with van der Waals surface area (Å²) in [7, 11) is 0. The van der Waals surface area contributed by atoms with Crippen LogP contribution in [0.25, 0.3) is 0 Å². The highest BCUT2D eigenvalue weighted by molar-refractivity contribution is 7.09. The molecule has 29 heavy (non-hydrogen) atoms. The summed E-state index contributed by atoms with van der Waals surface area (Å²) in [6.45, 7) is 5.07. The zero-order valence-electron chi connectivity index (χ0n) is 16.7. The van der Waals surface area contributed by atoms with E-state index in [4.69, 9.17) is 16.3 Å². The molecular weight excluding hydrogens is 404 g/mol. The van der Waals surface area contributed by atoms with Gasteiger partial charge in [-0.25, -0.2) is 4.98 Å². The number of hydrogen-bond donors (Lipinski definition) is 0. The monoisotopic (exact) mass is 428 g/mol. The van der Waals surface area contributed by atoms with Gasteiger partial charge in [0.1, 0.15) is 17.4 Å². The number of nitrogens with zero attached hydrogens (tertiary/aromatic N) is 2. The van der Waals surface area contributed by atoms with E-state index in [-0.39, 0.29) is 11.9 Å². The minimum Gasteiger partial charge on any atom is -0.486 e. The molecule has 0 saturated heterocycles. The van der Waals surface area contributed by atoms with E-state index in [9.17, 15) is 4.79 Å². The first-order valence-corrected chi connectivity index (χ1v) is 11.0. The van der Waals surface area contributed by atoms with Crippen LogP contribution in [0.3, 0.4) is 0 Å². The Morgan fingerprint density at radius 1 is 1.21 bits per heavy atom. The fraction of sp³-hybridized carbons (Fsp3) is 0.304. The number of rotatable bonds is 9. The topological polar surface area (TPSA) is 42.4 Å². The average molecular weight is 429 g/mol. The summed E-state index contributed by atoms with van der Waals surface area (Å²) in [5.41, 5.74) is 1.92. The predicted octanol–water partition coefficient (Wildman–Crippen LogP) is 5.75. The molecule has 152 valence electrons. The van der Waals surface area contributed by atoms with Crippen LogP contribution in [0.5, 0.6) is 5.75 Å². The first kappa shape index (κ1) is 21.3. The standard InChI is InChI=1S/C23H25ClN2O2S/c1-3-17(2)26(23(27)12-18-8-5-4-6-9-18)14-20-16-29-22(25-20)15-28-21-11-7-10-19(24)13-21/h4-11,13,16-17H,3,12,14-15H2,1-2H3. The van der Waals surface area contributed by atoms with Crippen LogP contribution in [0.1, 0.15) is 36.5 Å². The molecule has 0 fully saturated rings. The van der Waals surface area contributed by atoms with E-state index >= 15 is 0 Å². The van der Waals surface area contributed by atoms with E-state index < -0.39 is 0 Å². The molecule has 0 aliphatic carbocycles. The van der Waals surface area contributed by atoms with E-state index in [1.54, 1.807) is 17.4 Å². The van der Waals surface area contributed by atoms with Crippen molar-refractivity contribution >= 4 is 28.8 Å². The van der Waals surface area contributed by atoms with Gasteiger partial charge in [0.2, 0.25) is 5.91 Å². The van der Waals surface area contributed by atoms with Gasteiger partial charge in [-0.1, -0.05) is 54.9 Å². The third-order valence-corrected chi connectivity index (χ3v) is 5.84. The Labute approximate surface area is 181 Å². The molecule has 3 aromatic rings. The van der Waals surface area contributed by atoms with Crippen LogP contribution >= 0.6 is 22.9 Å². The maximum atomic E-state index is 12.9. The molecule has 0 aliphatic rings. The van der Waals surface area contributed by atoms with Crippen molar-refractivity contribution in [2.24, 2.45) is 0 Å². The van der Waals surface area contributed by atoms with E-state index in [2.05, 4.69) is 18.8 Å². The van der Waals surface area contributed by atoms with E-state index in [1.165, 1.54) is 0 Å². The van der Waals surface area contributed by atoms with Crippen LogP contribution < -0.4 is 4.74 Å². The summed E-state index contributed by atoms with van der Waals surface area (Å²) >= 11 is 7.53. The van der Waals surface area contributed by atoms with Crippen LogP contribution in [0.4, 0.5) is 0 Å². The van der Waals surface area contributed by atoms with Crippen molar-refractivity contribution in [1.82, 2.24) is 9.88 Å². The molecule has 0 saturated carbocycles. The Kier molecular flexibility index (Phi) is 7.67. The summed E-state index contributed by atoms with van der Waals surface area (Å²) in [5, 5.41) is 3.52. The van der Waals surface area contributed by atoms with Gasteiger partial charge in [-0.2, -0.15) is 0 Å². The summed E-state index contributed by atoms with van der Waals surface area (Å²) in [6.07, 6.45) is 1.30. The number of aromatic nitrogens is 1. The van der Waals surface area contributed by atoms with Gasteiger partial charge >= 0.3 is 0 Å². The first-order valence-electron chi connectivity index (χ1n) is 9.70. The molecule has 1 aromatic heterocycles. The van der Waals surface area contributed by atoms with Gasteiger partial charge in [0.25, 0.3) is 0 Å². The zero-order valence-corrected chi connectivity index (χ0v) is 18.2. The summed E-state index contributed by atoms with van der Waals surface area (Å²) in [5.74, 6) is 0.837. The molecule has 1 heterocycles. The number of ether oxygens (including phenoxy) is 1. The number of benzene rings is 2. The molecule has 0 spiro atoms. The molecule has 0 radical (unpaired) electrons. The second-order valence-corrected chi connectivity index (χ2v) is 8.30. The van der Waals surface area contributed by atoms with Crippen molar-refractivity contribution in [3.8, 4) is 5.75 Å². The van der Waals surface area contributed by atoms with Crippen molar-refractivity contribution < 1.29 is 9.53 Å². The number of halogens is 1. The van der Waals surface area contributed by atoms with Crippen molar-refractivity contribution in [2.45, 2.75) is 45.9 Å². The van der Waals surface area contributed by atoms with Crippen LogP contribution in [-0.4, -0.2) is 21.8 Å². The Hall–Kier alpha value is -2.37. The fourth-order valence-electron chi connectivity index (χ4n) is 2.95. The third-order valence-electron chi connectivity index (χ3n) is 4.73. The van der Waals surface area contributed by atoms with Crippen molar-refractivity contribution in [1.29, 1.82) is 0 Å². The molecule has 1 amide bonds. The van der Waals surface area contributed by atoms with E-state index in [1.807, 2.05) is 58.8 Å². The first-order chi connectivity index (χ1) is 14.0. The summed E-state index contributed by atoms with van der Waals surface area (Å²) in [4.78, 5) is 19.5. The smallest absolute Gasteiger partial charge is 0.227 e. The number of hydrogen-bond acceptors (Lipinski definition) is 4. The molecule has 1 atom stereocenters. The lowest BCUT2D eigenvalue weighted by Crippen LogP contribution is -2.38. The quantitative estimate of drug-likeness (QED) is 0.436. The molecule has 1 unspecified atom stereocenters.